The van der Waals surface area contributed by atoms with E-state index in [4.69, 9.17) is 11.6 Å². The Labute approximate surface area is 219 Å². The summed E-state index contributed by atoms with van der Waals surface area (Å²) in [6, 6.07) is 25.0. The summed E-state index contributed by atoms with van der Waals surface area (Å²) in [5.41, 5.74) is 4.07. The Balaban J connectivity index is 1.65. The average molecular weight is 503 g/mol. The third kappa shape index (κ3) is 7.20. The first-order valence-corrected chi connectivity index (χ1v) is 13.3. The second kappa shape index (κ2) is 12.7. The molecule has 0 radical (unpaired) electrons. The lowest BCUT2D eigenvalue weighted by Crippen LogP contribution is -2.53. The highest BCUT2D eigenvalue weighted by atomic mass is 35.5. The number of hydrogen-bond donors (Lipinski definition) is 1. The predicted molar refractivity (Wildman–Crippen MR) is 146 cm³/mol. The summed E-state index contributed by atoms with van der Waals surface area (Å²) in [5.74, 6) is -0.135. The van der Waals surface area contributed by atoms with Crippen LogP contribution < -0.4 is 5.32 Å². The van der Waals surface area contributed by atoms with Crippen molar-refractivity contribution in [2.45, 2.75) is 70.5 Å². The number of carbonyl (C=O) groups excluding carboxylic acids is 2. The minimum atomic E-state index is -0.603. The Morgan fingerprint density at radius 3 is 2.25 bits per heavy atom. The summed E-state index contributed by atoms with van der Waals surface area (Å²) >= 11 is 6.06. The van der Waals surface area contributed by atoms with Gasteiger partial charge in [-0.05, 0) is 54.2 Å². The number of nitrogens with one attached hydrogen (secondary N) is 1. The lowest BCUT2D eigenvalue weighted by molar-refractivity contribution is -0.141. The van der Waals surface area contributed by atoms with Crippen molar-refractivity contribution in [1.29, 1.82) is 0 Å². The molecule has 0 aromatic heterocycles. The highest BCUT2D eigenvalue weighted by molar-refractivity contribution is 6.30. The van der Waals surface area contributed by atoms with Gasteiger partial charge < -0.3 is 10.2 Å². The van der Waals surface area contributed by atoms with Crippen LogP contribution in [0.15, 0.2) is 78.9 Å². The zero-order valence-electron chi connectivity index (χ0n) is 21.0. The van der Waals surface area contributed by atoms with Crippen LogP contribution in [-0.2, 0) is 29.0 Å². The van der Waals surface area contributed by atoms with Crippen molar-refractivity contribution < 1.29 is 9.59 Å². The third-order valence-corrected chi connectivity index (χ3v) is 7.35. The highest BCUT2D eigenvalue weighted by Gasteiger charge is 2.32. The lowest BCUT2D eigenvalue weighted by Gasteiger charge is -2.34. The van der Waals surface area contributed by atoms with Crippen LogP contribution >= 0.6 is 11.6 Å². The Hall–Kier alpha value is -3.11. The number of benzene rings is 3. The molecule has 5 heteroatoms. The van der Waals surface area contributed by atoms with Gasteiger partial charge in [0.05, 0.1) is 6.42 Å². The second-order valence-corrected chi connectivity index (χ2v) is 10.2. The van der Waals surface area contributed by atoms with Gasteiger partial charge in [-0.2, -0.15) is 0 Å². The van der Waals surface area contributed by atoms with Gasteiger partial charge in [0.2, 0.25) is 11.8 Å². The van der Waals surface area contributed by atoms with Crippen molar-refractivity contribution in [2.75, 3.05) is 0 Å². The molecule has 1 saturated carbocycles. The number of amides is 2. The van der Waals surface area contributed by atoms with Gasteiger partial charge in [-0.1, -0.05) is 97.6 Å². The molecule has 0 aliphatic heterocycles. The van der Waals surface area contributed by atoms with Crippen molar-refractivity contribution in [1.82, 2.24) is 10.2 Å². The first-order valence-electron chi connectivity index (χ1n) is 12.9. The number of carbonyl (C=O) groups is 2. The van der Waals surface area contributed by atoms with Crippen molar-refractivity contribution in [3.63, 3.8) is 0 Å². The van der Waals surface area contributed by atoms with Gasteiger partial charge in [0, 0.05) is 24.0 Å². The smallest absolute Gasteiger partial charge is 0.243 e. The van der Waals surface area contributed by atoms with Gasteiger partial charge in [-0.15, -0.1) is 0 Å². The Morgan fingerprint density at radius 2 is 1.56 bits per heavy atom. The van der Waals surface area contributed by atoms with Crippen molar-refractivity contribution in [2.24, 2.45) is 0 Å². The van der Waals surface area contributed by atoms with Gasteiger partial charge >= 0.3 is 0 Å². The van der Waals surface area contributed by atoms with E-state index in [1.165, 1.54) is 6.42 Å². The Morgan fingerprint density at radius 1 is 0.889 bits per heavy atom. The van der Waals surface area contributed by atoms with Crippen LogP contribution in [0.2, 0.25) is 5.02 Å². The van der Waals surface area contributed by atoms with Crippen LogP contribution in [0.4, 0.5) is 0 Å². The van der Waals surface area contributed by atoms with E-state index in [2.05, 4.69) is 5.32 Å². The van der Waals surface area contributed by atoms with E-state index in [-0.39, 0.29) is 24.3 Å². The Bertz CT molecular complexity index is 1140. The molecule has 188 valence electrons. The second-order valence-electron chi connectivity index (χ2n) is 9.80. The molecule has 1 aliphatic carbocycles. The van der Waals surface area contributed by atoms with E-state index in [1.807, 2.05) is 73.7 Å². The zero-order valence-corrected chi connectivity index (χ0v) is 21.7. The summed E-state index contributed by atoms with van der Waals surface area (Å²) in [6.45, 7) is 2.43. The molecular weight excluding hydrogens is 468 g/mol. The third-order valence-electron chi connectivity index (χ3n) is 7.09. The van der Waals surface area contributed by atoms with E-state index >= 15 is 0 Å². The van der Waals surface area contributed by atoms with Crippen LogP contribution in [-0.4, -0.2) is 28.8 Å². The molecule has 1 N–H and O–H groups in total. The van der Waals surface area contributed by atoms with Gasteiger partial charge in [0.25, 0.3) is 0 Å². The highest BCUT2D eigenvalue weighted by Crippen LogP contribution is 2.21. The predicted octanol–water partition coefficient (Wildman–Crippen LogP) is 6.28. The molecule has 2 amide bonds. The normalized spacial score (nSPS) is 14.7. The number of aryl methyl sites for hydroxylation is 1. The van der Waals surface area contributed by atoms with Crippen LogP contribution in [0.5, 0.6) is 0 Å². The number of halogens is 1. The molecular formula is C31H35ClN2O2. The largest absolute Gasteiger partial charge is 0.352 e. The summed E-state index contributed by atoms with van der Waals surface area (Å²) < 4.78 is 0. The monoisotopic (exact) mass is 502 g/mol. The molecule has 3 aromatic carbocycles. The fourth-order valence-electron chi connectivity index (χ4n) is 4.95. The quantitative estimate of drug-likeness (QED) is 0.374. The number of nitrogens with zero attached hydrogens (tertiary/aromatic N) is 1. The number of hydrogen-bond acceptors (Lipinski definition) is 2. The van der Waals surface area contributed by atoms with Gasteiger partial charge in [0.1, 0.15) is 6.04 Å². The van der Waals surface area contributed by atoms with E-state index < -0.39 is 6.04 Å². The van der Waals surface area contributed by atoms with E-state index in [0.29, 0.717) is 18.0 Å². The summed E-state index contributed by atoms with van der Waals surface area (Å²) in [4.78, 5) is 29.4. The zero-order chi connectivity index (χ0) is 25.3. The Kier molecular flexibility index (Phi) is 9.18. The minimum absolute atomic E-state index is 0.0659. The summed E-state index contributed by atoms with van der Waals surface area (Å²) in [7, 11) is 0. The first kappa shape index (κ1) is 26.0. The molecule has 1 fully saturated rings. The molecule has 36 heavy (non-hydrogen) atoms. The average Bonchev–Trinajstić information content (AvgIpc) is 2.89. The number of rotatable bonds is 9. The molecule has 0 saturated heterocycles. The van der Waals surface area contributed by atoms with Crippen LogP contribution in [0, 0.1) is 6.92 Å². The summed E-state index contributed by atoms with van der Waals surface area (Å²) in [5, 5.41) is 3.93. The molecule has 4 rings (SSSR count). The van der Waals surface area contributed by atoms with Crippen LogP contribution in [0.3, 0.4) is 0 Å². The van der Waals surface area contributed by atoms with Crippen LogP contribution in [0.1, 0.15) is 54.4 Å². The van der Waals surface area contributed by atoms with E-state index in [9.17, 15) is 9.59 Å². The fourth-order valence-corrected chi connectivity index (χ4v) is 5.07. The summed E-state index contributed by atoms with van der Waals surface area (Å²) in [6.07, 6.45) is 6.18. The van der Waals surface area contributed by atoms with Crippen LogP contribution in [0.25, 0.3) is 0 Å². The molecule has 1 aliphatic rings. The van der Waals surface area contributed by atoms with Crippen molar-refractivity contribution in [3.05, 3.63) is 106 Å². The first-order chi connectivity index (χ1) is 17.5. The molecule has 4 nitrogen and oxygen atoms in total. The molecule has 0 spiro atoms. The van der Waals surface area contributed by atoms with Crippen molar-refractivity contribution >= 4 is 23.4 Å². The van der Waals surface area contributed by atoms with Gasteiger partial charge in [-0.3, -0.25) is 9.59 Å². The SMILES string of the molecule is Cc1ccccc1CN(C(=O)Cc1ccc(Cl)cc1)[C@@H](Cc1ccccc1)C(=O)NC1CCCCC1. The van der Waals surface area contributed by atoms with E-state index in [0.717, 1.165) is 47.9 Å². The molecule has 3 aromatic rings. The maximum atomic E-state index is 13.9. The van der Waals surface area contributed by atoms with Crippen molar-refractivity contribution in [3.8, 4) is 0 Å². The van der Waals surface area contributed by atoms with Gasteiger partial charge in [-0.25, -0.2) is 0 Å². The molecule has 0 unspecified atom stereocenters. The topological polar surface area (TPSA) is 49.4 Å². The maximum Gasteiger partial charge on any atom is 0.243 e. The molecule has 0 heterocycles. The van der Waals surface area contributed by atoms with E-state index in [1.54, 1.807) is 17.0 Å². The maximum absolute atomic E-state index is 13.9. The van der Waals surface area contributed by atoms with Gasteiger partial charge in [0.15, 0.2) is 0 Å². The molecule has 0 bridgehead atoms. The minimum Gasteiger partial charge on any atom is -0.352 e. The molecule has 1 atom stereocenters. The fraction of sp³-hybridized carbons (Fsp3) is 0.355. The lowest BCUT2D eigenvalue weighted by atomic mass is 9.94. The standard InChI is InChI=1S/C31H35ClN2O2/c1-23-10-8-9-13-26(23)22-34(30(35)21-25-16-18-27(32)19-17-25)29(20-24-11-4-2-5-12-24)31(36)33-28-14-6-3-7-15-28/h2,4-5,8-13,16-19,28-29H,3,6-7,14-15,20-22H2,1H3,(H,33,36)/t29-/m0/s1.